The van der Waals surface area contributed by atoms with Gasteiger partial charge in [0.25, 0.3) is 5.91 Å². The Morgan fingerprint density at radius 1 is 1.48 bits per heavy atom. The molecule has 1 aromatic rings. The van der Waals surface area contributed by atoms with Crippen LogP contribution in [0.1, 0.15) is 23.2 Å². The van der Waals surface area contributed by atoms with Crippen molar-refractivity contribution in [2.45, 2.75) is 25.1 Å². The van der Waals surface area contributed by atoms with E-state index in [1.54, 1.807) is 0 Å². The molecule has 0 bridgehead atoms. The molecule has 0 fully saturated rings. The molecule has 1 amide bonds. The molecule has 23 heavy (non-hydrogen) atoms. The number of rotatable bonds is 8. The summed E-state index contributed by atoms with van der Waals surface area (Å²) in [6.07, 6.45) is -1.39. The minimum atomic E-state index is -4.53. The van der Waals surface area contributed by atoms with Crippen LogP contribution in [0.3, 0.4) is 0 Å². The van der Waals surface area contributed by atoms with Crippen LogP contribution in [-0.4, -0.2) is 40.8 Å². The second-order valence-corrected chi connectivity index (χ2v) is 4.52. The third-order valence-corrected chi connectivity index (χ3v) is 2.64. The minimum absolute atomic E-state index is 0.0537. The topological polar surface area (TPSA) is 88.5 Å². The lowest BCUT2D eigenvalue weighted by Crippen LogP contribution is -2.40. The Morgan fingerprint density at radius 3 is 2.74 bits per heavy atom. The van der Waals surface area contributed by atoms with Crippen LogP contribution >= 0.6 is 0 Å². The number of amides is 1. The highest BCUT2D eigenvalue weighted by atomic mass is 19.4. The predicted octanol–water partition coefficient (Wildman–Crippen LogP) is 2.17. The Kier molecular flexibility index (Phi) is 6.55. The lowest BCUT2D eigenvalue weighted by atomic mass is 10.1. The van der Waals surface area contributed by atoms with Gasteiger partial charge in [0.1, 0.15) is 6.04 Å². The molecule has 6 nitrogen and oxygen atoms in total. The number of carboxylic acids is 1. The number of aromatic nitrogens is 1. The monoisotopic (exact) mass is 332 g/mol. The Balaban J connectivity index is 2.75. The molecule has 0 aliphatic heterocycles. The van der Waals surface area contributed by atoms with E-state index in [4.69, 9.17) is 5.11 Å². The highest BCUT2D eigenvalue weighted by Gasteiger charge is 2.29. The van der Waals surface area contributed by atoms with Crippen molar-refractivity contribution in [3.63, 3.8) is 0 Å². The SMILES string of the molecule is C=CCCC(NC(=O)c1ccnc(OCC(F)(F)F)c1)C(=O)O. The fourth-order valence-electron chi connectivity index (χ4n) is 1.57. The normalized spacial score (nSPS) is 12.3. The largest absolute Gasteiger partial charge is 0.480 e. The van der Waals surface area contributed by atoms with Gasteiger partial charge in [0, 0.05) is 17.8 Å². The maximum Gasteiger partial charge on any atom is 0.422 e. The second-order valence-electron chi connectivity index (χ2n) is 4.52. The van der Waals surface area contributed by atoms with Gasteiger partial charge in [-0.1, -0.05) is 6.08 Å². The molecule has 1 aromatic heterocycles. The summed E-state index contributed by atoms with van der Waals surface area (Å²) in [5.74, 6) is -2.35. The maximum absolute atomic E-state index is 12.1. The molecule has 0 aromatic carbocycles. The lowest BCUT2D eigenvalue weighted by Gasteiger charge is -2.14. The zero-order valence-corrected chi connectivity index (χ0v) is 12.0. The van der Waals surface area contributed by atoms with Gasteiger partial charge in [-0.2, -0.15) is 13.2 Å². The van der Waals surface area contributed by atoms with E-state index in [1.807, 2.05) is 0 Å². The molecule has 2 N–H and O–H groups in total. The number of pyridine rings is 1. The zero-order chi connectivity index (χ0) is 17.5. The first-order valence-electron chi connectivity index (χ1n) is 6.53. The molecule has 1 rings (SSSR count). The summed E-state index contributed by atoms with van der Waals surface area (Å²) in [6, 6.07) is 1.11. The molecular weight excluding hydrogens is 317 g/mol. The third kappa shape index (κ3) is 6.81. The van der Waals surface area contributed by atoms with Crippen molar-refractivity contribution in [3.8, 4) is 5.88 Å². The number of allylic oxidation sites excluding steroid dienone is 1. The average Bonchev–Trinajstić information content (AvgIpc) is 2.48. The van der Waals surface area contributed by atoms with Gasteiger partial charge in [-0.05, 0) is 18.9 Å². The summed E-state index contributed by atoms with van der Waals surface area (Å²) < 4.78 is 40.7. The fraction of sp³-hybridized carbons (Fsp3) is 0.357. The number of hydrogen-bond donors (Lipinski definition) is 2. The van der Waals surface area contributed by atoms with Gasteiger partial charge in [-0.3, -0.25) is 4.79 Å². The van der Waals surface area contributed by atoms with E-state index in [0.29, 0.717) is 6.42 Å². The quantitative estimate of drug-likeness (QED) is 0.712. The molecule has 0 saturated carbocycles. The summed E-state index contributed by atoms with van der Waals surface area (Å²) in [5.41, 5.74) is -0.0537. The molecule has 1 unspecified atom stereocenters. The van der Waals surface area contributed by atoms with E-state index in [-0.39, 0.29) is 17.9 Å². The molecule has 0 radical (unpaired) electrons. The summed E-state index contributed by atoms with van der Waals surface area (Å²) >= 11 is 0. The summed E-state index contributed by atoms with van der Waals surface area (Å²) in [6.45, 7) is 1.92. The Labute approximate surface area is 130 Å². The van der Waals surface area contributed by atoms with E-state index in [0.717, 1.165) is 12.3 Å². The van der Waals surface area contributed by atoms with Crippen LogP contribution in [-0.2, 0) is 4.79 Å². The van der Waals surface area contributed by atoms with Gasteiger partial charge in [0.05, 0.1) is 0 Å². The number of nitrogens with zero attached hydrogens (tertiary/aromatic N) is 1. The first-order valence-corrected chi connectivity index (χ1v) is 6.53. The second kappa shape index (κ2) is 8.16. The standard InChI is InChI=1S/C14H15F3N2O4/c1-2-3-4-10(13(21)22)19-12(20)9-5-6-18-11(7-9)23-8-14(15,16)17/h2,5-7,10H,1,3-4,8H2,(H,19,20)(H,21,22). The van der Waals surface area contributed by atoms with Crippen molar-refractivity contribution < 1.29 is 32.6 Å². The van der Waals surface area contributed by atoms with Gasteiger partial charge in [0.15, 0.2) is 6.61 Å². The number of carbonyl (C=O) groups is 2. The molecule has 0 aliphatic carbocycles. The molecule has 9 heteroatoms. The number of halogens is 3. The van der Waals surface area contributed by atoms with Crippen molar-refractivity contribution in [1.82, 2.24) is 10.3 Å². The number of nitrogens with one attached hydrogen (secondary N) is 1. The minimum Gasteiger partial charge on any atom is -0.480 e. The van der Waals surface area contributed by atoms with E-state index < -0.39 is 30.7 Å². The summed E-state index contributed by atoms with van der Waals surface area (Å²) in [5, 5.41) is 11.3. The van der Waals surface area contributed by atoms with Crippen LogP contribution in [0.2, 0.25) is 0 Å². The molecule has 126 valence electrons. The molecule has 0 aliphatic rings. The Bertz CT molecular complexity index is 575. The molecule has 0 spiro atoms. The van der Waals surface area contributed by atoms with Crippen LogP contribution in [0.15, 0.2) is 31.0 Å². The number of ether oxygens (including phenoxy) is 1. The molecule has 0 saturated heterocycles. The average molecular weight is 332 g/mol. The fourth-order valence-corrected chi connectivity index (χ4v) is 1.57. The van der Waals surface area contributed by atoms with Gasteiger partial charge in [0.2, 0.25) is 5.88 Å². The smallest absolute Gasteiger partial charge is 0.422 e. The maximum atomic E-state index is 12.1. The highest BCUT2D eigenvalue weighted by Crippen LogP contribution is 2.17. The van der Waals surface area contributed by atoms with Crippen LogP contribution < -0.4 is 10.1 Å². The van der Waals surface area contributed by atoms with E-state index in [2.05, 4.69) is 21.6 Å². The molecule has 1 atom stereocenters. The summed E-state index contributed by atoms with van der Waals surface area (Å²) in [4.78, 5) is 26.6. The predicted molar refractivity (Wildman–Crippen MR) is 74.1 cm³/mol. The van der Waals surface area contributed by atoms with Crippen LogP contribution in [0.5, 0.6) is 5.88 Å². The number of hydrogen-bond acceptors (Lipinski definition) is 4. The third-order valence-electron chi connectivity index (χ3n) is 2.64. The number of alkyl halides is 3. The van der Waals surface area contributed by atoms with Crippen LogP contribution in [0.25, 0.3) is 0 Å². The molecular formula is C14H15F3N2O4. The van der Waals surface area contributed by atoms with Crippen LogP contribution in [0, 0.1) is 0 Å². The first-order chi connectivity index (χ1) is 10.7. The Hall–Kier alpha value is -2.58. The van der Waals surface area contributed by atoms with Crippen molar-refractivity contribution in [1.29, 1.82) is 0 Å². The van der Waals surface area contributed by atoms with E-state index >= 15 is 0 Å². The van der Waals surface area contributed by atoms with Gasteiger partial charge < -0.3 is 15.2 Å². The van der Waals surface area contributed by atoms with E-state index in [9.17, 15) is 22.8 Å². The van der Waals surface area contributed by atoms with Gasteiger partial charge in [-0.25, -0.2) is 9.78 Å². The van der Waals surface area contributed by atoms with Crippen molar-refractivity contribution in [2.75, 3.05) is 6.61 Å². The number of carboxylic acid groups (broad SMARTS) is 1. The molecule has 1 heterocycles. The first kappa shape index (κ1) is 18.5. The van der Waals surface area contributed by atoms with Crippen LogP contribution in [0.4, 0.5) is 13.2 Å². The van der Waals surface area contributed by atoms with Gasteiger partial charge in [-0.15, -0.1) is 6.58 Å². The number of aliphatic carboxylic acids is 1. The number of carbonyl (C=O) groups excluding carboxylic acids is 1. The highest BCUT2D eigenvalue weighted by molar-refractivity contribution is 5.96. The summed E-state index contributed by atoms with van der Waals surface area (Å²) in [7, 11) is 0. The van der Waals surface area contributed by atoms with Crippen molar-refractivity contribution in [2.24, 2.45) is 0 Å². The van der Waals surface area contributed by atoms with Gasteiger partial charge >= 0.3 is 12.1 Å². The Morgan fingerprint density at radius 2 is 2.17 bits per heavy atom. The zero-order valence-electron chi connectivity index (χ0n) is 12.0. The van der Waals surface area contributed by atoms with Crippen molar-refractivity contribution in [3.05, 3.63) is 36.5 Å². The van der Waals surface area contributed by atoms with E-state index in [1.165, 1.54) is 12.1 Å². The lowest BCUT2D eigenvalue weighted by molar-refractivity contribution is -0.154. The van der Waals surface area contributed by atoms with Crippen molar-refractivity contribution >= 4 is 11.9 Å².